The molecule has 1 aromatic heterocycles. The normalized spacial score (nSPS) is 12.7. The van der Waals surface area contributed by atoms with Crippen molar-refractivity contribution in [1.29, 1.82) is 0 Å². The molecule has 1 heterocycles. The summed E-state index contributed by atoms with van der Waals surface area (Å²) in [4.78, 5) is 19.2. The summed E-state index contributed by atoms with van der Waals surface area (Å²) in [7, 11) is -25.5. The Bertz CT molecular complexity index is 3580. The van der Waals surface area contributed by atoms with Crippen molar-refractivity contribution in [3.05, 3.63) is 84.1 Å². The van der Waals surface area contributed by atoms with Crippen molar-refractivity contribution >= 4 is 125 Å². The number of carbonyl (C=O) groups is 1. The van der Waals surface area contributed by atoms with Crippen LogP contribution in [-0.4, -0.2) is 85.8 Å². The third-order valence-electron chi connectivity index (χ3n) is 8.31. The Morgan fingerprint density at radius 2 is 1.19 bits per heavy atom. The molecular weight excluding hydrogens is 976 g/mol. The van der Waals surface area contributed by atoms with Gasteiger partial charge in [-0.15, -0.1) is 10.2 Å². The molecule has 0 aliphatic carbocycles. The lowest BCUT2D eigenvalue weighted by atomic mass is 10.0. The first-order valence-corrected chi connectivity index (χ1v) is 24.2. The Morgan fingerprint density at radius 1 is 0.578 bits per heavy atom. The van der Waals surface area contributed by atoms with Gasteiger partial charge in [0.2, 0.25) is 17.2 Å². The molecule has 0 radical (unpaired) electrons. The number of hydrogen-bond acceptors (Lipinski definition) is 19. The molecular formula is C32H25ClN10O16S5. The van der Waals surface area contributed by atoms with Gasteiger partial charge in [0, 0.05) is 22.3 Å². The molecule has 0 aliphatic heterocycles. The number of benzene rings is 5. The molecule has 0 saturated heterocycles. The van der Waals surface area contributed by atoms with E-state index in [9.17, 15) is 69.6 Å². The van der Waals surface area contributed by atoms with Crippen LogP contribution in [0, 0.1) is 0 Å². The van der Waals surface area contributed by atoms with E-state index in [4.69, 9.17) is 23.1 Å². The van der Waals surface area contributed by atoms with Crippen LogP contribution in [-0.2, 0) is 50.6 Å². The number of nitrogens with zero attached hydrogens (tertiary/aromatic N) is 5. The van der Waals surface area contributed by atoms with Gasteiger partial charge in [-0.1, -0.05) is 12.1 Å². The zero-order valence-electron chi connectivity index (χ0n) is 31.0. The lowest BCUT2D eigenvalue weighted by Gasteiger charge is -2.14. The molecule has 12 N–H and O–H groups in total. The first kappa shape index (κ1) is 47.0. The standard InChI is InChI=1S/C32H25ClN10O16S5/c33-29-39-31(41-32(40-29)38-22-5-1-14(8-27(22)63(54,55)56)19-4-2-16(34)10-25(19)61(48,49)50)36-17-3-6-21(23(11-17)37-30(35)44)42-43-24-13-20-15(9-28(24)64(57,58)59)7-18(60(45,46)47)12-26(20)62(51,52)53/h1-13H,34H2,(H3,35,37,44)(H,45,46,47)(H,48,49,50)(H,51,52,53)(H,54,55,56)(H,57,58,59)(H2,36,38,39,40,41). The van der Waals surface area contributed by atoms with Gasteiger partial charge in [-0.25, -0.2) is 4.79 Å². The molecule has 6 aromatic rings. The number of primary amides is 1. The quantitative estimate of drug-likeness (QED) is 0.0431. The number of fused-ring (bicyclic) bond motifs is 1. The van der Waals surface area contributed by atoms with Gasteiger partial charge in [0.25, 0.3) is 50.6 Å². The molecule has 26 nitrogen and oxygen atoms in total. The average molecular weight is 1000 g/mol. The van der Waals surface area contributed by atoms with E-state index in [0.29, 0.717) is 24.3 Å². The smallest absolute Gasteiger partial charge is 0.316 e. The van der Waals surface area contributed by atoms with Crippen LogP contribution in [0.1, 0.15) is 0 Å². The number of urea groups is 1. The Kier molecular flexibility index (Phi) is 12.4. The highest BCUT2D eigenvalue weighted by molar-refractivity contribution is 7.87. The van der Waals surface area contributed by atoms with Gasteiger partial charge < -0.3 is 27.4 Å². The van der Waals surface area contributed by atoms with E-state index < -0.39 is 109 Å². The van der Waals surface area contributed by atoms with E-state index in [2.05, 4.69) is 41.1 Å². The van der Waals surface area contributed by atoms with E-state index in [0.717, 1.165) is 30.3 Å². The predicted octanol–water partition coefficient (Wildman–Crippen LogP) is 4.55. The summed E-state index contributed by atoms with van der Waals surface area (Å²) in [6.07, 6.45) is 0. The highest BCUT2D eigenvalue weighted by Crippen LogP contribution is 2.38. The fraction of sp³-hybridized carbons (Fsp3) is 0. The van der Waals surface area contributed by atoms with Crippen LogP contribution in [0.5, 0.6) is 0 Å². The molecule has 6 rings (SSSR count). The number of rotatable bonds is 13. The Labute approximate surface area is 365 Å². The van der Waals surface area contributed by atoms with Crippen molar-refractivity contribution in [2.75, 3.05) is 21.7 Å². The Balaban J connectivity index is 1.36. The summed E-state index contributed by atoms with van der Waals surface area (Å²) >= 11 is 6.11. The number of halogens is 1. The predicted molar refractivity (Wildman–Crippen MR) is 225 cm³/mol. The molecule has 64 heavy (non-hydrogen) atoms. The zero-order chi connectivity index (χ0) is 47.3. The molecule has 0 spiro atoms. The number of nitrogens with two attached hydrogens (primary N) is 2. The van der Waals surface area contributed by atoms with E-state index in [1.165, 1.54) is 24.3 Å². The van der Waals surface area contributed by atoms with Gasteiger partial charge in [-0.2, -0.15) is 57.0 Å². The Morgan fingerprint density at radius 3 is 1.78 bits per heavy atom. The van der Waals surface area contributed by atoms with Crippen molar-refractivity contribution < 1.29 is 69.6 Å². The van der Waals surface area contributed by atoms with Crippen LogP contribution in [0.15, 0.2) is 114 Å². The van der Waals surface area contributed by atoms with Crippen LogP contribution in [0.2, 0.25) is 5.28 Å². The second-order valence-corrected chi connectivity index (χ2v) is 20.0. The van der Waals surface area contributed by atoms with Crippen molar-refractivity contribution in [1.82, 2.24) is 15.0 Å². The molecule has 0 bridgehead atoms. The van der Waals surface area contributed by atoms with Crippen LogP contribution in [0.4, 0.5) is 50.8 Å². The minimum atomic E-state index is -5.26. The lowest BCUT2D eigenvalue weighted by Crippen LogP contribution is -2.19. The SMILES string of the molecule is NC(=O)Nc1cc(Nc2nc(Cl)nc(Nc3ccc(-c4ccc(N)cc4S(=O)(=O)O)cc3S(=O)(=O)O)n2)ccc1N=Nc1cc2c(S(=O)(=O)O)cc(S(=O)(=O)O)cc2cc1S(=O)(=O)O. The number of nitrogens with one attached hydrogen (secondary N) is 3. The molecule has 5 aromatic carbocycles. The topological polar surface area (TPSA) is 440 Å². The molecule has 336 valence electrons. The number of azo groups is 1. The number of amides is 2. The first-order chi connectivity index (χ1) is 29.5. The minimum absolute atomic E-state index is 0.0359. The monoisotopic (exact) mass is 1000 g/mol. The van der Waals surface area contributed by atoms with E-state index >= 15 is 0 Å². The lowest BCUT2D eigenvalue weighted by molar-refractivity contribution is 0.259. The third-order valence-corrected chi connectivity index (χ3v) is 12.9. The maximum absolute atomic E-state index is 12.5. The van der Waals surface area contributed by atoms with Crippen molar-refractivity contribution in [3.8, 4) is 11.1 Å². The molecule has 0 aliphatic rings. The Hall–Kier alpha value is -6.52. The van der Waals surface area contributed by atoms with E-state index in [1.54, 1.807) is 0 Å². The molecule has 2 amide bonds. The van der Waals surface area contributed by atoms with Crippen molar-refractivity contribution in [2.45, 2.75) is 24.5 Å². The van der Waals surface area contributed by atoms with Gasteiger partial charge in [0.15, 0.2) is 0 Å². The summed E-state index contributed by atoms with van der Waals surface area (Å²) in [5, 5.41) is 13.6. The maximum atomic E-state index is 12.5. The fourth-order valence-corrected chi connectivity index (χ4v) is 9.29. The number of carbonyl (C=O) groups excluding carboxylic acids is 1. The molecule has 0 atom stereocenters. The number of anilines is 6. The first-order valence-electron chi connectivity index (χ1n) is 16.6. The second kappa shape index (κ2) is 16.9. The van der Waals surface area contributed by atoms with Crippen LogP contribution < -0.4 is 27.4 Å². The van der Waals surface area contributed by atoms with Gasteiger partial charge in [0.05, 0.1) is 16.3 Å². The average Bonchev–Trinajstić information content (AvgIpc) is 3.14. The number of hydrogen-bond donors (Lipinski definition) is 10. The summed E-state index contributed by atoms with van der Waals surface area (Å²) in [6, 6.07) is 11.4. The maximum Gasteiger partial charge on any atom is 0.316 e. The second-order valence-electron chi connectivity index (χ2n) is 12.7. The van der Waals surface area contributed by atoms with Crippen molar-refractivity contribution in [3.63, 3.8) is 0 Å². The minimum Gasteiger partial charge on any atom is -0.399 e. The molecule has 0 fully saturated rings. The fourth-order valence-electron chi connectivity index (χ4n) is 5.72. The van der Waals surface area contributed by atoms with Gasteiger partial charge >= 0.3 is 6.03 Å². The van der Waals surface area contributed by atoms with Gasteiger partial charge in [0.1, 0.15) is 31.0 Å². The number of aromatic nitrogens is 3. The highest BCUT2D eigenvalue weighted by atomic mass is 35.5. The zero-order valence-corrected chi connectivity index (χ0v) is 35.9. The van der Waals surface area contributed by atoms with E-state index in [1.807, 2.05) is 0 Å². The molecule has 32 heteroatoms. The van der Waals surface area contributed by atoms with Crippen LogP contribution in [0.3, 0.4) is 0 Å². The highest BCUT2D eigenvalue weighted by Gasteiger charge is 2.26. The summed E-state index contributed by atoms with van der Waals surface area (Å²) in [5.74, 6) is -0.768. The largest absolute Gasteiger partial charge is 0.399 e. The summed E-state index contributed by atoms with van der Waals surface area (Å²) in [5.41, 5.74) is 9.05. The van der Waals surface area contributed by atoms with Gasteiger partial charge in [-0.05, 0) is 89.3 Å². The van der Waals surface area contributed by atoms with Gasteiger partial charge in [-0.3, -0.25) is 22.8 Å². The van der Waals surface area contributed by atoms with Crippen LogP contribution >= 0.6 is 11.6 Å². The summed E-state index contributed by atoms with van der Waals surface area (Å²) < 4.78 is 171. The molecule has 0 unspecified atom stereocenters. The molecule has 0 saturated carbocycles. The van der Waals surface area contributed by atoms with E-state index in [-0.39, 0.29) is 45.5 Å². The van der Waals surface area contributed by atoms with Crippen LogP contribution in [0.25, 0.3) is 21.9 Å². The summed E-state index contributed by atoms with van der Waals surface area (Å²) in [6.45, 7) is 0. The third kappa shape index (κ3) is 10.8. The van der Waals surface area contributed by atoms with Crippen molar-refractivity contribution in [2.24, 2.45) is 16.0 Å². The number of nitrogen functional groups attached to an aromatic ring is 1.